The first-order valence-corrected chi connectivity index (χ1v) is 9.07. The molecule has 1 aromatic carbocycles. The largest absolute Gasteiger partial charge is 0.494 e. The summed E-state index contributed by atoms with van der Waals surface area (Å²) in [6.07, 6.45) is -0.552. The minimum absolute atomic E-state index is 0.143. The van der Waals surface area contributed by atoms with Crippen LogP contribution in [0, 0.1) is 0 Å². The van der Waals surface area contributed by atoms with Crippen LogP contribution < -0.4 is 10.1 Å². The quantitative estimate of drug-likeness (QED) is 0.335. The van der Waals surface area contributed by atoms with Crippen LogP contribution in [0.3, 0.4) is 0 Å². The van der Waals surface area contributed by atoms with Crippen molar-refractivity contribution in [1.82, 2.24) is 5.32 Å². The van der Waals surface area contributed by atoms with Gasteiger partial charge < -0.3 is 14.8 Å². The van der Waals surface area contributed by atoms with Gasteiger partial charge in [0, 0.05) is 6.54 Å². The maximum absolute atomic E-state index is 11.9. The molecular weight excluding hydrogens is 363 g/mol. The minimum Gasteiger partial charge on any atom is -0.494 e. The number of aryl methyl sites for hydroxylation is 1. The van der Waals surface area contributed by atoms with E-state index in [1.807, 2.05) is 24.3 Å². The van der Waals surface area contributed by atoms with Crippen molar-refractivity contribution in [2.75, 3.05) is 19.7 Å². The predicted octanol–water partition coefficient (Wildman–Crippen LogP) is 3.80. The Morgan fingerprint density at radius 1 is 1.11 bits per heavy atom. The standard InChI is InChI=1S/C19H26F3NO4/c1-2-3-4-13-26-16-9-5-7-15(14-16)8-6-11-23-12-10-17(24)27-18(25)19(20,21)22/h5,7,9,14,23H,2-4,6,8,10-13H2,1H3. The molecule has 1 N–H and O–H groups in total. The zero-order chi connectivity index (χ0) is 20.1. The molecule has 0 atom stereocenters. The predicted molar refractivity (Wildman–Crippen MR) is 94.4 cm³/mol. The van der Waals surface area contributed by atoms with Gasteiger partial charge in [-0.05, 0) is 43.5 Å². The van der Waals surface area contributed by atoms with Gasteiger partial charge in [-0.15, -0.1) is 0 Å². The molecule has 0 amide bonds. The second-order valence-corrected chi connectivity index (χ2v) is 6.07. The number of ether oxygens (including phenoxy) is 2. The Hall–Kier alpha value is -2.09. The molecule has 0 radical (unpaired) electrons. The summed E-state index contributed by atoms with van der Waals surface area (Å²) in [5.41, 5.74) is 1.12. The van der Waals surface area contributed by atoms with E-state index in [0.717, 1.165) is 43.4 Å². The van der Waals surface area contributed by atoms with Gasteiger partial charge in [0.1, 0.15) is 5.75 Å². The highest BCUT2D eigenvalue weighted by atomic mass is 19.4. The molecule has 0 aliphatic rings. The molecular formula is C19H26F3NO4. The van der Waals surface area contributed by atoms with Gasteiger partial charge >= 0.3 is 18.1 Å². The Balaban J connectivity index is 2.16. The molecule has 1 aromatic rings. The zero-order valence-electron chi connectivity index (χ0n) is 15.4. The lowest BCUT2D eigenvalue weighted by molar-refractivity contribution is -0.201. The summed E-state index contributed by atoms with van der Waals surface area (Å²) < 4.78 is 45.2. The van der Waals surface area contributed by atoms with E-state index in [1.165, 1.54) is 0 Å². The van der Waals surface area contributed by atoms with Crippen LogP contribution in [0.25, 0.3) is 0 Å². The summed E-state index contributed by atoms with van der Waals surface area (Å²) in [6.45, 7) is 3.57. The van der Waals surface area contributed by atoms with Crippen molar-refractivity contribution >= 4 is 11.9 Å². The van der Waals surface area contributed by atoms with Crippen molar-refractivity contribution in [2.45, 2.75) is 51.6 Å². The van der Waals surface area contributed by atoms with E-state index >= 15 is 0 Å². The van der Waals surface area contributed by atoms with Crippen LogP contribution in [-0.4, -0.2) is 37.8 Å². The number of hydrogen-bond acceptors (Lipinski definition) is 5. The number of carbonyl (C=O) groups excluding carboxylic acids is 2. The normalized spacial score (nSPS) is 11.3. The molecule has 8 heteroatoms. The van der Waals surface area contributed by atoms with Gasteiger partial charge in [-0.25, -0.2) is 4.79 Å². The summed E-state index contributed by atoms with van der Waals surface area (Å²) in [7, 11) is 0. The third-order valence-corrected chi connectivity index (χ3v) is 3.68. The van der Waals surface area contributed by atoms with Crippen molar-refractivity contribution in [3.63, 3.8) is 0 Å². The molecule has 5 nitrogen and oxygen atoms in total. The Morgan fingerprint density at radius 3 is 2.59 bits per heavy atom. The molecule has 0 unspecified atom stereocenters. The molecule has 1 rings (SSSR count). The highest BCUT2D eigenvalue weighted by Gasteiger charge is 2.42. The van der Waals surface area contributed by atoms with E-state index in [-0.39, 0.29) is 13.0 Å². The van der Waals surface area contributed by atoms with Gasteiger partial charge in [-0.3, -0.25) is 4.79 Å². The van der Waals surface area contributed by atoms with Gasteiger partial charge in [0.05, 0.1) is 13.0 Å². The number of nitrogens with one attached hydrogen (secondary N) is 1. The Morgan fingerprint density at radius 2 is 1.89 bits per heavy atom. The average Bonchev–Trinajstić information content (AvgIpc) is 2.61. The maximum Gasteiger partial charge on any atom is 0.491 e. The summed E-state index contributed by atoms with van der Waals surface area (Å²) in [5.74, 6) is -2.84. The van der Waals surface area contributed by atoms with E-state index in [1.54, 1.807) is 0 Å². The van der Waals surface area contributed by atoms with Crippen LogP contribution in [0.5, 0.6) is 5.75 Å². The first-order valence-electron chi connectivity index (χ1n) is 9.07. The molecule has 27 heavy (non-hydrogen) atoms. The molecule has 0 saturated heterocycles. The molecule has 0 aliphatic heterocycles. The van der Waals surface area contributed by atoms with E-state index < -0.39 is 18.1 Å². The Bertz CT molecular complexity index is 591. The highest BCUT2D eigenvalue weighted by molar-refractivity contribution is 5.88. The lowest BCUT2D eigenvalue weighted by Crippen LogP contribution is -2.29. The summed E-state index contributed by atoms with van der Waals surface area (Å²) in [5, 5.41) is 2.94. The Labute approximate surface area is 157 Å². The van der Waals surface area contributed by atoms with Crippen LogP contribution in [0.15, 0.2) is 24.3 Å². The fraction of sp³-hybridized carbons (Fsp3) is 0.579. The van der Waals surface area contributed by atoms with Gasteiger partial charge in [0.15, 0.2) is 0 Å². The van der Waals surface area contributed by atoms with Gasteiger partial charge in [0.25, 0.3) is 0 Å². The van der Waals surface area contributed by atoms with Crippen molar-refractivity contribution < 1.29 is 32.2 Å². The topological polar surface area (TPSA) is 64.6 Å². The number of carbonyl (C=O) groups is 2. The lowest BCUT2D eigenvalue weighted by atomic mass is 10.1. The third kappa shape index (κ3) is 10.6. The Kier molecular flexibility index (Phi) is 10.5. The number of rotatable bonds is 12. The monoisotopic (exact) mass is 389 g/mol. The lowest BCUT2D eigenvalue weighted by Gasteiger charge is -2.09. The SMILES string of the molecule is CCCCCOc1cccc(CCCNCCC(=O)OC(=O)C(F)(F)F)c1. The van der Waals surface area contributed by atoms with E-state index in [9.17, 15) is 22.8 Å². The van der Waals surface area contributed by atoms with Crippen LogP contribution >= 0.6 is 0 Å². The number of benzene rings is 1. The second-order valence-electron chi connectivity index (χ2n) is 6.07. The fourth-order valence-electron chi connectivity index (χ4n) is 2.28. The van der Waals surface area contributed by atoms with Crippen LogP contribution in [0.4, 0.5) is 13.2 Å². The smallest absolute Gasteiger partial charge is 0.491 e. The molecule has 152 valence electrons. The summed E-state index contributed by atoms with van der Waals surface area (Å²) >= 11 is 0. The molecule has 0 aliphatic carbocycles. The maximum atomic E-state index is 11.9. The number of unbranched alkanes of at least 4 members (excludes halogenated alkanes) is 2. The first-order chi connectivity index (χ1) is 12.8. The van der Waals surface area contributed by atoms with Gasteiger partial charge in [-0.2, -0.15) is 13.2 Å². The second kappa shape index (κ2) is 12.3. The average molecular weight is 389 g/mol. The van der Waals surface area contributed by atoms with E-state index in [2.05, 4.69) is 17.0 Å². The van der Waals surface area contributed by atoms with Crippen molar-refractivity contribution in [3.8, 4) is 5.75 Å². The van der Waals surface area contributed by atoms with Crippen LogP contribution in [-0.2, 0) is 20.7 Å². The van der Waals surface area contributed by atoms with Crippen molar-refractivity contribution in [1.29, 1.82) is 0 Å². The van der Waals surface area contributed by atoms with E-state index in [4.69, 9.17) is 4.74 Å². The zero-order valence-corrected chi connectivity index (χ0v) is 15.4. The van der Waals surface area contributed by atoms with Gasteiger partial charge in [-0.1, -0.05) is 31.9 Å². The molecule has 0 fully saturated rings. The number of esters is 2. The fourth-order valence-corrected chi connectivity index (χ4v) is 2.28. The molecule has 0 spiro atoms. The number of halogens is 3. The molecule has 0 saturated carbocycles. The molecule has 0 bridgehead atoms. The third-order valence-electron chi connectivity index (χ3n) is 3.68. The van der Waals surface area contributed by atoms with Crippen LogP contribution in [0.1, 0.15) is 44.6 Å². The number of hydrogen-bond donors (Lipinski definition) is 1. The van der Waals surface area contributed by atoms with Crippen molar-refractivity contribution in [2.24, 2.45) is 0 Å². The van der Waals surface area contributed by atoms with Crippen LogP contribution in [0.2, 0.25) is 0 Å². The van der Waals surface area contributed by atoms with Crippen molar-refractivity contribution in [3.05, 3.63) is 29.8 Å². The molecule has 0 heterocycles. The molecule has 0 aromatic heterocycles. The van der Waals surface area contributed by atoms with E-state index in [0.29, 0.717) is 13.2 Å². The first kappa shape index (κ1) is 23.0. The van der Waals surface area contributed by atoms with Gasteiger partial charge in [0.2, 0.25) is 0 Å². The number of alkyl halides is 3. The minimum atomic E-state index is -5.16. The highest BCUT2D eigenvalue weighted by Crippen LogP contribution is 2.17. The summed E-state index contributed by atoms with van der Waals surface area (Å²) in [4.78, 5) is 21.6. The summed E-state index contributed by atoms with van der Waals surface area (Å²) in [6, 6.07) is 7.85.